The van der Waals surface area contributed by atoms with Crippen LogP contribution in [0.5, 0.6) is 0 Å². The highest BCUT2D eigenvalue weighted by Crippen LogP contribution is 2.39. The van der Waals surface area contributed by atoms with E-state index in [-0.39, 0.29) is 65.0 Å². The first-order valence-corrected chi connectivity index (χ1v) is 16.6. The van der Waals surface area contributed by atoms with Gasteiger partial charge in [-0.3, -0.25) is 14.6 Å². The van der Waals surface area contributed by atoms with Gasteiger partial charge in [0.05, 0.1) is 52.6 Å². The van der Waals surface area contributed by atoms with Crippen molar-refractivity contribution in [3.8, 4) is 22.5 Å². The summed E-state index contributed by atoms with van der Waals surface area (Å²) in [6, 6.07) is 19.3. The molecule has 0 atom stereocenters. The van der Waals surface area contributed by atoms with Crippen LogP contribution >= 0.6 is 69.6 Å². The number of carbonyl (C=O) groups excluding carboxylic acids is 2. The van der Waals surface area contributed by atoms with Gasteiger partial charge in [-0.1, -0.05) is 81.7 Å². The summed E-state index contributed by atoms with van der Waals surface area (Å²) < 4.78 is 26.9. The number of nitrogens with two attached hydrogens (primary N) is 2. The predicted octanol–water partition coefficient (Wildman–Crippen LogP) is 10.6. The Bertz CT molecular complexity index is 2320. The van der Waals surface area contributed by atoms with Crippen LogP contribution in [0, 0.1) is 16.8 Å². The molecule has 0 bridgehead atoms. The van der Waals surface area contributed by atoms with Crippen LogP contribution < -0.4 is 16.2 Å². The monoisotopic (exact) mass is 804 g/mol. The fourth-order valence-electron chi connectivity index (χ4n) is 4.95. The van der Waals surface area contributed by atoms with Crippen LogP contribution in [0.1, 0.15) is 31.8 Å². The number of aromatic nitrogens is 2. The molecule has 6 rings (SSSR count). The average molecular weight is 807 g/mol. The fourth-order valence-corrected chi connectivity index (χ4v) is 6.61. The van der Waals surface area contributed by atoms with Crippen LogP contribution in [-0.2, 0) is 0 Å². The molecule has 0 radical (unpaired) electrons. The summed E-state index contributed by atoms with van der Waals surface area (Å²) in [5.74, 6) is -2.12. The van der Waals surface area contributed by atoms with Gasteiger partial charge in [0.2, 0.25) is 0 Å². The zero-order valence-corrected chi connectivity index (χ0v) is 30.1. The van der Waals surface area contributed by atoms with E-state index in [1.807, 2.05) is 0 Å². The van der Waals surface area contributed by atoms with Crippen LogP contribution in [0.2, 0.25) is 30.1 Å². The van der Waals surface area contributed by atoms with Gasteiger partial charge >= 0.3 is 0 Å². The largest absolute Gasteiger partial charge is 0.618 e. The van der Waals surface area contributed by atoms with Gasteiger partial charge < -0.3 is 16.7 Å². The minimum atomic E-state index is -0.575. The zero-order chi connectivity index (χ0) is 37.1. The molecule has 0 aliphatic heterocycles. The number of rotatable bonds is 6. The summed E-state index contributed by atoms with van der Waals surface area (Å²) in [5, 5.41) is 13.4. The maximum absolute atomic E-state index is 13.2. The summed E-state index contributed by atoms with van der Waals surface area (Å²) in [5.41, 5.74) is 13.5. The Labute approximate surface area is 319 Å². The van der Waals surface area contributed by atoms with Crippen molar-refractivity contribution in [2.75, 3.05) is 11.5 Å². The number of hydrogen-bond donors (Lipinski definition) is 2. The fraction of sp³-hybridized carbons (Fsp3) is 0. The number of hydrogen-bond acceptors (Lipinski definition) is 6. The number of nitrogen functional groups attached to an aromatic ring is 2. The molecule has 0 aliphatic carbocycles. The Balaban J connectivity index is 0.000000198. The Kier molecular flexibility index (Phi) is 11.7. The number of nitrogens with zero attached hydrogens (tertiary/aromatic N) is 2. The molecule has 4 N–H and O–H groups in total. The molecular weight excluding hydrogens is 787 g/mol. The van der Waals surface area contributed by atoms with Crippen molar-refractivity contribution in [2.45, 2.75) is 0 Å². The number of ketones is 2. The number of anilines is 2. The minimum Gasteiger partial charge on any atom is -0.618 e. The van der Waals surface area contributed by atoms with E-state index in [2.05, 4.69) is 4.98 Å². The van der Waals surface area contributed by atoms with E-state index >= 15 is 0 Å². The highest BCUT2D eigenvalue weighted by Gasteiger charge is 2.27. The second-order valence-electron chi connectivity index (χ2n) is 10.5. The molecule has 51 heavy (non-hydrogen) atoms. The van der Waals surface area contributed by atoms with E-state index in [1.165, 1.54) is 30.5 Å². The first kappa shape index (κ1) is 37.8. The number of halogens is 8. The number of carbonyl (C=O) groups is 2. The highest BCUT2D eigenvalue weighted by atomic mass is 35.5. The molecule has 0 aliphatic rings. The second-order valence-corrected chi connectivity index (χ2v) is 13.0. The average Bonchev–Trinajstić information content (AvgIpc) is 3.06. The van der Waals surface area contributed by atoms with Crippen molar-refractivity contribution in [2.24, 2.45) is 0 Å². The van der Waals surface area contributed by atoms with E-state index in [1.54, 1.807) is 36.4 Å². The maximum atomic E-state index is 13.2. The third-order valence-electron chi connectivity index (χ3n) is 7.37. The van der Waals surface area contributed by atoms with Gasteiger partial charge in [0.15, 0.2) is 17.8 Å². The van der Waals surface area contributed by atoms with Gasteiger partial charge in [-0.05, 0) is 66.7 Å². The van der Waals surface area contributed by atoms with Crippen molar-refractivity contribution in [1.82, 2.24) is 4.98 Å². The summed E-state index contributed by atoms with van der Waals surface area (Å²) >= 11 is 36.6. The van der Waals surface area contributed by atoms with Crippen molar-refractivity contribution < 1.29 is 23.1 Å². The quantitative estimate of drug-likeness (QED) is 0.0980. The minimum absolute atomic E-state index is 0.00135. The molecular formula is C36H20Cl6F2N4O3. The van der Waals surface area contributed by atoms with Crippen LogP contribution in [0.15, 0.2) is 97.3 Å². The van der Waals surface area contributed by atoms with E-state index in [9.17, 15) is 23.6 Å². The Morgan fingerprint density at radius 3 is 1.51 bits per heavy atom. The number of pyridine rings is 2. The van der Waals surface area contributed by atoms with Crippen LogP contribution in [0.3, 0.4) is 0 Å². The van der Waals surface area contributed by atoms with Gasteiger partial charge in [-0.15, -0.1) is 0 Å². The topological polar surface area (TPSA) is 126 Å². The molecule has 0 fully saturated rings. The highest BCUT2D eigenvalue weighted by molar-refractivity contribution is 6.40. The smallest absolute Gasteiger partial charge is 0.250 e. The molecule has 7 nitrogen and oxygen atoms in total. The lowest BCUT2D eigenvalue weighted by molar-refractivity contribution is -0.593. The van der Waals surface area contributed by atoms with Crippen LogP contribution in [-0.4, -0.2) is 16.6 Å². The summed E-state index contributed by atoms with van der Waals surface area (Å²) in [6.45, 7) is 0. The first-order valence-electron chi connectivity index (χ1n) is 14.4. The third-order valence-corrected chi connectivity index (χ3v) is 9.26. The second kappa shape index (κ2) is 15.8. The standard InChI is InChI=1S/C18H10Cl3FN2O2.C18H10Cl3FN2O/c19-12-2-1-3-13(20)15(12)17-16(23)11(6-7-24(17)26)18(25)10-5-4-9(22)8-14(10)21;19-12-2-1-3-13(20)15(12)17-16(23)11(6-7-24-17)18(25)10-5-4-9(22)8-14(10)21/h1-8H,23H2;1-8H,23H2. The normalized spacial score (nSPS) is 10.7. The summed E-state index contributed by atoms with van der Waals surface area (Å²) in [4.78, 5) is 29.8. The van der Waals surface area contributed by atoms with Crippen molar-refractivity contribution in [3.63, 3.8) is 0 Å². The van der Waals surface area contributed by atoms with E-state index in [4.69, 9.17) is 81.1 Å². The third kappa shape index (κ3) is 7.89. The van der Waals surface area contributed by atoms with Crippen LogP contribution in [0.4, 0.5) is 20.2 Å². The first-order chi connectivity index (χ1) is 24.2. The molecule has 2 heterocycles. The molecule has 0 unspecified atom stereocenters. The Morgan fingerprint density at radius 1 is 0.588 bits per heavy atom. The van der Waals surface area contributed by atoms with E-state index in [0.29, 0.717) is 26.0 Å². The molecule has 4 aromatic carbocycles. The van der Waals surface area contributed by atoms with Gasteiger partial charge in [0, 0.05) is 34.5 Å². The van der Waals surface area contributed by atoms with E-state index in [0.717, 1.165) is 30.5 Å². The Hall–Kier alpha value is -4.48. The van der Waals surface area contributed by atoms with Gasteiger partial charge in [0.1, 0.15) is 17.3 Å². The lowest BCUT2D eigenvalue weighted by atomic mass is 9.99. The maximum Gasteiger partial charge on any atom is 0.250 e. The van der Waals surface area contributed by atoms with Crippen molar-refractivity contribution in [3.05, 3.63) is 167 Å². The SMILES string of the molecule is Nc1c(C(=O)c2ccc(F)cc2Cl)cc[n+]([O-])c1-c1c(Cl)cccc1Cl.Nc1c(C(=O)c2ccc(F)cc2Cl)ccnc1-c1c(Cl)cccc1Cl. The summed E-state index contributed by atoms with van der Waals surface area (Å²) in [6.07, 6.45) is 2.55. The molecule has 0 amide bonds. The van der Waals surface area contributed by atoms with E-state index < -0.39 is 23.2 Å². The van der Waals surface area contributed by atoms with Crippen molar-refractivity contribution >= 4 is 92.5 Å². The number of benzene rings is 4. The predicted molar refractivity (Wildman–Crippen MR) is 199 cm³/mol. The molecule has 0 saturated carbocycles. The molecule has 0 saturated heterocycles. The lowest BCUT2D eigenvalue weighted by Gasteiger charge is -2.13. The summed E-state index contributed by atoms with van der Waals surface area (Å²) in [7, 11) is 0. The molecule has 15 heteroatoms. The van der Waals surface area contributed by atoms with Gasteiger partial charge in [0.25, 0.3) is 5.69 Å². The zero-order valence-electron chi connectivity index (χ0n) is 25.5. The molecule has 258 valence electrons. The lowest BCUT2D eigenvalue weighted by Crippen LogP contribution is -2.31. The van der Waals surface area contributed by atoms with Gasteiger partial charge in [-0.25, -0.2) is 8.78 Å². The van der Waals surface area contributed by atoms with Crippen LogP contribution in [0.25, 0.3) is 22.5 Å². The Morgan fingerprint density at radius 2 is 1.04 bits per heavy atom. The van der Waals surface area contributed by atoms with Crippen molar-refractivity contribution in [1.29, 1.82) is 0 Å². The molecule has 6 aromatic rings. The van der Waals surface area contributed by atoms with Gasteiger partial charge in [-0.2, -0.15) is 4.73 Å². The molecule has 0 spiro atoms. The molecule has 2 aromatic heterocycles.